The Labute approximate surface area is 164 Å². The van der Waals surface area contributed by atoms with Gasteiger partial charge >= 0.3 is 0 Å². The molecule has 0 spiro atoms. The number of piperidine rings is 1. The van der Waals surface area contributed by atoms with Crippen LogP contribution in [0.15, 0.2) is 55.0 Å². The number of methoxy groups -OCH3 is 1. The third kappa shape index (κ3) is 3.91. The number of carbonyl (C=O) groups is 1. The minimum Gasteiger partial charge on any atom is -0.497 e. The minimum atomic E-state index is 0.183. The zero-order valence-electron chi connectivity index (χ0n) is 16.0. The molecule has 144 valence electrons. The molecule has 0 saturated carbocycles. The number of ether oxygens (including phenoxy) is 1. The van der Waals surface area contributed by atoms with Crippen LogP contribution in [0.3, 0.4) is 0 Å². The normalized spacial score (nSPS) is 14.8. The van der Waals surface area contributed by atoms with E-state index >= 15 is 0 Å². The number of benzene rings is 1. The van der Waals surface area contributed by atoms with Crippen LogP contribution in [-0.4, -0.2) is 46.2 Å². The van der Waals surface area contributed by atoms with Gasteiger partial charge in [0.1, 0.15) is 5.75 Å². The van der Waals surface area contributed by atoms with Gasteiger partial charge in [0.05, 0.1) is 19.7 Å². The van der Waals surface area contributed by atoms with E-state index in [1.807, 2.05) is 47.5 Å². The fourth-order valence-electron chi connectivity index (χ4n) is 3.82. The molecule has 1 aliphatic heterocycles. The van der Waals surface area contributed by atoms with Gasteiger partial charge in [-0.15, -0.1) is 0 Å². The summed E-state index contributed by atoms with van der Waals surface area (Å²) in [5, 5.41) is 7.44. The smallest absolute Gasteiger partial charge is 0.226 e. The van der Waals surface area contributed by atoms with Crippen LogP contribution in [0, 0.1) is 0 Å². The largest absolute Gasteiger partial charge is 0.497 e. The molecule has 6 heteroatoms. The van der Waals surface area contributed by atoms with Gasteiger partial charge in [-0.25, -0.2) is 0 Å². The van der Waals surface area contributed by atoms with E-state index in [1.165, 1.54) is 0 Å². The average molecular weight is 376 g/mol. The van der Waals surface area contributed by atoms with Crippen molar-refractivity contribution >= 4 is 5.91 Å². The first kappa shape index (κ1) is 18.2. The maximum absolute atomic E-state index is 12.7. The summed E-state index contributed by atoms with van der Waals surface area (Å²) in [5.41, 5.74) is 4.43. The summed E-state index contributed by atoms with van der Waals surface area (Å²) in [4.78, 5) is 18.7. The van der Waals surface area contributed by atoms with E-state index < -0.39 is 0 Å². The van der Waals surface area contributed by atoms with Crippen LogP contribution in [0.2, 0.25) is 0 Å². The topological polar surface area (TPSA) is 71.1 Å². The Morgan fingerprint density at radius 3 is 2.54 bits per heavy atom. The first-order valence-electron chi connectivity index (χ1n) is 9.59. The van der Waals surface area contributed by atoms with Crippen molar-refractivity contribution in [3.63, 3.8) is 0 Å². The van der Waals surface area contributed by atoms with Crippen LogP contribution in [-0.2, 0) is 11.2 Å². The summed E-state index contributed by atoms with van der Waals surface area (Å²) >= 11 is 0. The number of hydrogen-bond acceptors (Lipinski definition) is 4. The number of hydrogen-bond donors (Lipinski definition) is 1. The number of rotatable bonds is 5. The van der Waals surface area contributed by atoms with Crippen LogP contribution >= 0.6 is 0 Å². The highest BCUT2D eigenvalue weighted by Crippen LogP contribution is 2.33. The van der Waals surface area contributed by atoms with E-state index in [0.29, 0.717) is 12.3 Å². The molecule has 0 atom stereocenters. The Morgan fingerprint density at radius 2 is 1.86 bits per heavy atom. The number of likely N-dealkylation sites (tertiary alicyclic amines) is 1. The van der Waals surface area contributed by atoms with Crippen molar-refractivity contribution in [2.24, 2.45) is 0 Å². The number of carbonyl (C=O) groups excluding carboxylic acids is 1. The molecule has 1 amide bonds. The highest BCUT2D eigenvalue weighted by Gasteiger charge is 2.26. The lowest BCUT2D eigenvalue weighted by atomic mass is 9.89. The first-order valence-corrected chi connectivity index (χ1v) is 9.59. The van der Waals surface area contributed by atoms with Gasteiger partial charge in [0.15, 0.2) is 0 Å². The van der Waals surface area contributed by atoms with E-state index in [9.17, 15) is 4.79 Å². The van der Waals surface area contributed by atoms with E-state index in [1.54, 1.807) is 19.5 Å². The molecule has 6 nitrogen and oxygen atoms in total. The van der Waals surface area contributed by atoms with Crippen molar-refractivity contribution in [2.45, 2.75) is 25.2 Å². The number of nitrogens with zero attached hydrogens (tertiary/aromatic N) is 3. The molecule has 1 N–H and O–H groups in total. The fraction of sp³-hybridized carbons (Fsp3) is 0.318. The monoisotopic (exact) mass is 376 g/mol. The second-order valence-corrected chi connectivity index (χ2v) is 7.11. The van der Waals surface area contributed by atoms with Crippen LogP contribution in [0.1, 0.15) is 30.0 Å². The number of aromatic nitrogens is 3. The van der Waals surface area contributed by atoms with E-state index in [4.69, 9.17) is 4.74 Å². The summed E-state index contributed by atoms with van der Waals surface area (Å²) in [6, 6.07) is 11.7. The van der Waals surface area contributed by atoms with Crippen LogP contribution in [0.5, 0.6) is 5.75 Å². The van der Waals surface area contributed by atoms with Gasteiger partial charge in [0.25, 0.3) is 0 Å². The summed E-state index contributed by atoms with van der Waals surface area (Å²) in [5.74, 6) is 1.37. The lowest BCUT2D eigenvalue weighted by molar-refractivity contribution is -0.131. The predicted octanol–water partition coefficient (Wildman–Crippen LogP) is 3.43. The molecule has 1 fully saturated rings. The number of nitrogens with one attached hydrogen (secondary N) is 1. The molecule has 28 heavy (non-hydrogen) atoms. The van der Waals surface area contributed by atoms with Gasteiger partial charge in [0.2, 0.25) is 5.91 Å². The molecule has 1 aromatic carbocycles. The maximum Gasteiger partial charge on any atom is 0.226 e. The third-order valence-electron chi connectivity index (χ3n) is 5.43. The van der Waals surface area contributed by atoms with Gasteiger partial charge in [-0.05, 0) is 48.2 Å². The molecule has 2 aromatic heterocycles. The van der Waals surface area contributed by atoms with Crippen LogP contribution < -0.4 is 4.74 Å². The lowest BCUT2D eigenvalue weighted by Gasteiger charge is -2.32. The summed E-state index contributed by atoms with van der Waals surface area (Å²) in [6.07, 6.45) is 7.79. The maximum atomic E-state index is 12.7. The van der Waals surface area contributed by atoms with Gasteiger partial charge < -0.3 is 9.64 Å². The molecule has 1 saturated heterocycles. The van der Waals surface area contributed by atoms with E-state index in [2.05, 4.69) is 15.2 Å². The zero-order valence-corrected chi connectivity index (χ0v) is 16.0. The Kier molecular flexibility index (Phi) is 5.37. The predicted molar refractivity (Wildman–Crippen MR) is 107 cm³/mol. The van der Waals surface area contributed by atoms with Gasteiger partial charge in [0, 0.05) is 42.7 Å². The molecular weight excluding hydrogens is 352 g/mol. The van der Waals surface area contributed by atoms with Crippen molar-refractivity contribution in [1.82, 2.24) is 20.1 Å². The molecule has 1 aliphatic rings. The fourth-order valence-corrected chi connectivity index (χ4v) is 3.82. The molecule has 0 radical (unpaired) electrons. The highest BCUT2D eigenvalue weighted by molar-refractivity contribution is 5.79. The summed E-state index contributed by atoms with van der Waals surface area (Å²) in [6.45, 7) is 1.54. The van der Waals surface area contributed by atoms with E-state index in [-0.39, 0.29) is 5.91 Å². The average Bonchev–Trinajstić information content (AvgIpc) is 3.25. The number of H-pyrrole nitrogens is 1. The summed E-state index contributed by atoms with van der Waals surface area (Å²) in [7, 11) is 1.64. The Bertz CT molecular complexity index is 913. The first-order chi connectivity index (χ1) is 13.7. The Hall–Kier alpha value is -3.15. The lowest BCUT2D eigenvalue weighted by Crippen LogP contribution is -2.38. The standard InChI is InChI=1S/C22H24N4O2/c1-28-19-4-2-16(3-5-19)14-21(27)26-12-8-18(9-13-26)22-20(15-24-25-22)17-6-10-23-11-7-17/h2-7,10-11,15,18H,8-9,12-14H2,1H3,(H,24,25). The van der Waals surface area contributed by atoms with Crippen molar-refractivity contribution in [2.75, 3.05) is 20.2 Å². The second-order valence-electron chi connectivity index (χ2n) is 7.11. The van der Waals surface area contributed by atoms with Crippen molar-refractivity contribution < 1.29 is 9.53 Å². The third-order valence-corrected chi connectivity index (χ3v) is 5.43. The molecule has 3 aromatic rings. The Morgan fingerprint density at radius 1 is 1.14 bits per heavy atom. The number of pyridine rings is 1. The SMILES string of the molecule is COc1ccc(CC(=O)N2CCC(c3[nH]ncc3-c3ccncc3)CC2)cc1. The molecule has 3 heterocycles. The quantitative estimate of drug-likeness (QED) is 0.741. The van der Waals surface area contributed by atoms with Crippen LogP contribution in [0.4, 0.5) is 0 Å². The molecule has 0 aliphatic carbocycles. The van der Waals surface area contributed by atoms with Gasteiger partial charge in [-0.1, -0.05) is 12.1 Å². The second kappa shape index (κ2) is 8.25. The van der Waals surface area contributed by atoms with E-state index in [0.717, 1.165) is 54.1 Å². The zero-order chi connectivity index (χ0) is 19.3. The molecule has 4 rings (SSSR count). The Balaban J connectivity index is 1.37. The molecular formula is C22H24N4O2. The van der Waals surface area contributed by atoms with Gasteiger partial charge in [-0.3, -0.25) is 14.9 Å². The minimum absolute atomic E-state index is 0.183. The number of aromatic amines is 1. The van der Waals surface area contributed by atoms with Crippen molar-refractivity contribution in [1.29, 1.82) is 0 Å². The van der Waals surface area contributed by atoms with Crippen molar-refractivity contribution in [3.05, 3.63) is 66.2 Å². The summed E-state index contributed by atoms with van der Waals surface area (Å²) < 4.78 is 5.17. The highest BCUT2D eigenvalue weighted by atomic mass is 16.5. The molecule has 0 bridgehead atoms. The molecule has 0 unspecified atom stereocenters. The van der Waals surface area contributed by atoms with Gasteiger partial charge in [-0.2, -0.15) is 5.10 Å². The van der Waals surface area contributed by atoms with Crippen LogP contribution in [0.25, 0.3) is 11.1 Å². The number of amides is 1. The van der Waals surface area contributed by atoms with Crippen molar-refractivity contribution in [3.8, 4) is 16.9 Å².